The number of benzene rings is 1. The summed E-state index contributed by atoms with van der Waals surface area (Å²) in [7, 11) is 4.91. The molecule has 0 spiro atoms. The number of piperidine rings is 1. The van der Waals surface area contributed by atoms with Crippen molar-refractivity contribution in [1.29, 1.82) is 0 Å². The number of ether oxygens (including phenoxy) is 2. The molecule has 1 aromatic carbocycles. The van der Waals surface area contributed by atoms with Gasteiger partial charge in [0.15, 0.2) is 18.1 Å². The minimum absolute atomic E-state index is 0.0455. The molecule has 1 fully saturated rings. The second-order valence-electron chi connectivity index (χ2n) is 7.07. The summed E-state index contributed by atoms with van der Waals surface area (Å²) in [5.74, 6) is 1.65. The van der Waals surface area contributed by atoms with Gasteiger partial charge in [-0.3, -0.25) is 9.59 Å². The Morgan fingerprint density at radius 3 is 2.63 bits per heavy atom. The smallest absolute Gasteiger partial charge is 0.259 e. The molecule has 1 aromatic rings. The number of amides is 2. The monoisotopic (exact) mass is 377 g/mol. The number of hydrogen-bond acceptors (Lipinski definition) is 5. The third-order valence-corrected chi connectivity index (χ3v) is 4.81. The van der Waals surface area contributed by atoms with Gasteiger partial charge < -0.3 is 25.0 Å². The van der Waals surface area contributed by atoms with Crippen molar-refractivity contribution < 1.29 is 19.1 Å². The lowest BCUT2D eigenvalue weighted by Crippen LogP contribution is -2.29. The van der Waals surface area contributed by atoms with Crippen molar-refractivity contribution in [3.63, 3.8) is 0 Å². The number of likely N-dealkylation sites (N-methyl/N-ethyl adjacent to an activating group) is 1. The van der Waals surface area contributed by atoms with E-state index < -0.39 is 0 Å². The number of hydrogen-bond donors (Lipinski definition) is 2. The summed E-state index contributed by atoms with van der Waals surface area (Å²) in [5.41, 5.74) is 0.924. The Balaban J connectivity index is 1.80. The van der Waals surface area contributed by atoms with Crippen molar-refractivity contribution in [2.45, 2.75) is 32.2 Å². The number of carbonyl (C=O) groups is 2. The van der Waals surface area contributed by atoms with E-state index in [4.69, 9.17) is 9.47 Å². The summed E-state index contributed by atoms with van der Waals surface area (Å²) in [6, 6.07) is 5.45. The summed E-state index contributed by atoms with van der Waals surface area (Å²) >= 11 is 0. The van der Waals surface area contributed by atoms with Gasteiger partial charge in [0.25, 0.3) is 5.91 Å². The van der Waals surface area contributed by atoms with Crippen LogP contribution in [0.5, 0.6) is 11.5 Å². The van der Waals surface area contributed by atoms with Crippen LogP contribution in [0, 0.1) is 5.92 Å². The highest BCUT2D eigenvalue weighted by atomic mass is 16.5. The normalized spacial score (nSPS) is 14.5. The molecule has 0 saturated carbocycles. The lowest BCUT2D eigenvalue weighted by molar-refractivity contribution is -0.130. The zero-order valence-corrected chi connectivity index (χ0v) is 16.5. The highest BCUT2D eigenvalue weighted by molar-refractivity contribution is 5.77. The van der Waals surface area contributed by atoms with Crippen molar-refractivity contribution in [2.24, 2.45) is 5.92 Å². The van der Waals surface area contributed by atoms with Crippen molar-refractivity contribution in [2.75, 3.05) is 40.9 Å². The van der Waals surface area contributed by atoms with Gasteiger partial charge in [0.2, 0.25) is 5.91 Å². The van der Waals surface area contributed by atoms with Crippen molar-refractivity contribution in [1.82, 2.24) is 15.5 Å². The molecule has 1 saturated heterocycles. The van der Waals surface area contributed by atoms with E-state index in [0.717, 1.165) is 37.9 Å². The number of methoxy groups -OCH3 is 1. The van der Waals surface area contributed by atoms with Crippen molar-refractivity contribution in [3.05, 3.63) is 23.8 Å². The van der Waals surface area contributed by atoms with Gasteiger partial charge >= 0.3 is 0 Å². The predicted molar refractivity (Wildman–Crippen MR) is 104 cm³/mol. The maximum atomic E-state index is 12.1. The van der Waals surface area contributed by atoms with E-state index in [0.29, 0.717) is 30.4 Å². The average Bonchev–Trinajstić information content (AvgIpc) is 2.69. The van der Waals surface area contributed by atoms with Crippen LogP contribution in [0.1, 0.15) is 31.2 Å². The lowest BCUT2D eigenvalue weighted by Gasteiger charge is -2.22. The Bertz CT molecular complexity index is 628. The molecule has 0 bridgehead atoms. The summed E-state index contributed by atoms with van der Waals surface area (Å²) < 4.78 is 10.9. The van der Waals surface area contributed by atoms with Gasteiger partial charge in [-0.25, -0.2) is 0 Å². The van der Waals surface area contributed by atoms with E-state index in [1.807, 2.05) is 12.1 Å². The molecule has 7 nitrogen and oxygen atoms in total. The van der Waals surface area contributed by atoms with Gasteiger partial charge in [-0.05, 0) is 56.0 Å². The Hall–Kier alpha value is -2.28. The molecule has 1 aliphatic rings. The zero-order valence-electron chi connectivity index (χ0n) is 16.5. The largest absolute Gasteiger partial charge is 0.493 e. The predicted octanol–water partition coefficient (Wildman–Crippen LogP) is 1.56. The maximum absolute atomic E-state index is 12.1. The first kappa shape index (κ1) is 21.0. The Kier molecular flexibility index (Phi) is 8.39. The van der Waals surface area contributed by atoms with Crippen LogP contribution in [-0.4, -0.2) is 57.6 Å². The van der Waals surface area contributed by atoms with Crippen LogP contribution >= 0.6 is 0 Å². The third kappa shape index (κ3) is 7.09. The topological polar surface area (TPSA) is 79.9 Å². The highest BCUT2D eigenvalue weighted by Crippen LogP contribution is 2.28. The summed E-state index contributed by atoms with van der Waals surface area (Å²) in [4.78, 5) is 25.2. The maximum Gasteiger partial charge on any atom is 0.259 e. The van der Waals surface area contributed by atoms with Gasteiger partial charge in [0, 0.05) is 27.1 Å². The Morgan fingerprint density at radius 2 is 1.96 bits per heavy atom. The molecule has 2 rings (SSSR count). The lowest BCUT2D eigenvalue weighted by atomic mass is 9.93. The summed E-state index contributed by atoms with van der Waals surface area (Å²) in [5, 5.41) is 6.30. The minimum atomic E-state index is -0.123. The van der Waals surface area contributed by atoms with Gasteiger partial charge in [0.05, 0.1) is 7.11 Å². The number of nitrogens with zero attached hydrogens (tertiary/aromatic N) is 1. The first-order chi connectivity index (χ1) is 13.0. The van der Waals surface area contributed by atoms with E-state index in [1.54, 1.807) is 27.3 Å². The molecule has 27 heavy (non-hydrogen) atoms. The molecule has 7 heteroatoms. The van der Waals surface area contributed by atoms with Crippen LogP contribution in [0.2, 0.25) is 0 Å². The van der Waals surface area contributed by atoms with Crippen LogP contribution in [0.25, 0.3) is 0 Å². The summed E-state index contributed by atoms with van der Waals surface area (Å²) in [6.45, 7) is 2.51. The minimum Gasteiger partial charge on any atom is -0.493 e. The van der Waals surface area contributed by atoms with Crippen LogP contribution in [0.3, 0.4) is 0 Å². The second kappa shape index (κ2) is 10.8. The van der Waals surface area contributed by atoms with Gasteiger partial charge in [-0.1, -0.05) is 6.07 Å². The van der Waals surface area contributed by atoms with Crippen molar-refractivity contribution >= 4 is 11.8 Å². The first-order valence-corrected chi connectivity index (χ1v) is 9.47. The molecule has 150 valence electrons. The number of nitrogens with one attached hydrogen (secondary N) is 2. The van der Waals surface area contributed by atoms with E-state index in [1.165, 1.54) is 4.90 Å². The molecule has 0 aromatic heterocycles. The second-order valence-corrected chi connectivity index (χ2v) is 7.07. The Labute approximate surface area is 161 Å². The van der Waals surface area contributed by atoms with Crippen LogP contribution in [0.4, 0.5) is 0 Å². The SMILES string of the molecule is COc1cc(CNC(=O)CCC2CCNCC2)ccc1OCC(=O)N(C)C. The van der Waals surface area contributed by atoms with E-state index in [-0.39, 0.29) is 18.4 Å². The number of rotatable bonds is 9. The van der Waals surface area contributed by atoms with E-state index >= 15 is 0 Å². The van der Waals surface area contributed by atoms with Gasteiger partial charge in [0.1, 0.15) is 0 Å². The molecule has 1 aliphatic heterocycles. The van der Waals surface area contributed by atoms with Gasteiger partial charge in [-0.2, -0.15) is 0 Å². The molecular weight excluding hydrogens is 346 g/mol. The molecule has 0 atom stereocenters. The molecule has 2 N–H and O–H groups in total. The first-order valence-electron chi connectivity index (χ1n) is 9.47. The molecule has 0 aliphatic carbocycles. The molecule has 0 radical (unpaired) electrons. The summed E-state index contributed by atoms with van der Waals surface area (Å²) in [6.07, 6.45) is 3.82. The van der Waals surface area contributed by atoms with Gasteiger partial charge in [-0.15, -0.1) is 0 Å². The zero-order chi connectivity index (χ0) is 19.6. The fourth-order valence-corrected chi connectivity index (χ4v) is 3.00. The fourth-order valence-electron chi connectivity index (χ4n) is 3.00. The van der Waals surface area contributed by atoms with Crippen LogP contribution < -0.4 is 20.1 Å². The molecule has 1 heterocycles. The van der Waals surface area contributed by atoms with Crippen LogP contribution in [-0.2, 0) is 16.1 Å². The third-order valence-electron chi connectivity index (χ3n) is 4.81. The molecule has 2 amide bonds. The standard InChI is InChI=1S/C20H31N3O4/c1-23(2)20(25)14-27-17-6-4-16(12-18(17)26-3)13-22-19(24)7-5-15-8-10-21-11-9-15/h4,6,12,15,21H,5,7-11,13-14H2,1-3H3,(H,22,24). The number of carbonyl (C=O) groups excluding carboxylic acids is 2. The average molecular weight is 377 g/mol. The highest BCUT2D eigenvalue weighted by Gasteiger charge is 2.15. The van der Waals surface area contributed by atoms with E-state index in [2.05, 4.69) is 10.6 Å². The molecule has 0 unspecified atom stereocenters. The van der Waals surface area contributed by atoms with Crippen molar-refractivity contribution in [3.8, 4) is 11.5 Å². The Morgan fingerprint density at radius 1 is 1.22 bits per heavy atom. The van der Waals surface area contributed by atoms with E-state index in [9.17, 15) is 9.59 Å². The van der Waals surface area contributed by atoms with Crippen LogP contribution in [0.15, 0.2) is 18.2 Å². The quantitative estimate of drug-likeness (QED) is 0.683. The molecular formula is C20H31N3O4. The fraction of sp³-hybridized carbons (Fsp3) is 0.600.